The molecule has 0 aliphatic carbocycles. The van der Waals surface area contributed by atoms with Crippen LogP contribution in [0, 0.1) is 0 Å². The summed E-state index contributed by atoms with van der Waals surface area (Å²) in [4.78, 5) is 58.4. The number of benzene rings is 1. The van der Waals surface area contributed by atoms with Crippen molar-refractivity contribution >= 4 is 29.6 Å². The van der Waals surface area contributed by atoms with Gasteiger partial charge >= 0.3 is 12.1 Å². The summed E-state index contributed by atoms with van der Waals surface area (Å²) in [5.41, 5.74) is 0.598. The van der Waals surface area contributed by atoms with Crippen molar-refractivity contribution < 1.29 is 23.9 Å². The average molecular weight is 458 g/mol. The van der Waals surface area contributed by atoms with Gasteiger partial charge in [0.05, 0.1) is 18.8 Å². The van der Waals surface area contributed by atoms with E-state index in [9.17, 15) is 19.2 Å². The van der Waals surface area contributed by atoms with Gasteiger partial charge in [-0.1, -0.05) is 18.2 Å². The van der Waals surface area contributed by atoms with Crippen molar-refractivity contribution in [3.8, 4) is 0 Å². The highest BCUT2D eigenvalue weighted by atomic mass is 16.6. The minimum absolute atomic E-state index is 0.00497. The molecule has 4 rings (SSSR count). The second-order valence-electron chi connectivity index (χ2n) is 8.55. The summed E-state index contributed by atoms with van der Waals surface area (Å²) in [6.07, 6.45) is 1.13. The van der Waals surface area contributed by atoms with E-state index < -0.39 is 0 Å². The zero-order valence-corrected chi connectivity index (χ0v) is 19.0. The summed E-state index contributed by atoms with van der Waals surface area (Å²) < 4.78 is 5.02. The third-order valence-corrected chi connectivity index (χ3v) is 6.52. The van der Waals surface area contributed by atoms with Gasteiger partial charge in [0.2, 0.25) is 5.91 Å². The van der Waals surface area contributed by atoms with Crippen LogP contribution in [0.15, 0.2) is 30.3 Å². The van der Waals surface area contributed by atoms with E-state index >= 15 is 0 Å². The van der Waals surface area contributed by atoms with Crippen molar-refractivity contribution in [3.05, 3.63) is 30.3 Å². The van der Waals surface area contributed by atoms with E-state index in [-0.39, 0.29) is 36.5 Å². The Morgan fingerprint density at radius 3 is 2.21 bits per heavy atom. The smallest absolute Gasteiger partial charge is 0.409 e. The van der Waals surface area contributed by atoms with Crippen LogP contribution >= 0.6 is 0 Å². The highest BCUT2D eigenvalue weighted by Crippen LogP contribution is 2.26. The number of likely N-dealkylation sites (tertiary alicyclic amines) is 1. The molecule has 3 aliphatic heterocycles. The molecule has 33 heavy (non-hydrogen) atoms. The molecule has 0 N–H and O–H groups in total. The summed E-state index contributed by atoms with van der Waals surface area (Å²) in [6.45, 7) is 5.92. The van der Waals surface area contributed by atoms with Crippen molar-refractivity contribution in [3.63, 3.8) is 0 Å². The number of carbonyl (C=O) groups excluding carboxylic acids is 4. The van der Waals surface area contributed by atoms with Crippen LogP contribution in [0.5, 0.6) is 0 Å². The van der Waals surface area contributed by atoms with Crippen molar-refractivity contribution in [2.24, 2.45) is 0 Å². The summed E-state index contributed by atoms with van der Waals surface area (Å²) in [5, 5.41) is 0. The van der Waals surface area contributed by atoms with Crippen LogP contribution < -0.4 is 4.90 Å². The van der Waals surface area contributed by atoms with Crippen LogP contribution in [0.25, 0.3) is 0 Å². The van der Waals surface area contributed by atoms with E-state index in [1.54, 1.807) is 33.8 Å². The first kappa shape index (κ1) is 23.0. The Morgan fingerprint density at radius 2 is 1.58 bits per heavy atom. The molecule has 1 aromatic carbocycles. The van der Waals surface area contributed by atoms with Gasteiger partial charge in [-0.15, -0.1) is 0 Å². The van der Waals surface area contributed by atoms with Gasteiger partial charge in [0, 0.05) is 45.3 Å². The minimum atomic E-state index is -0.326. The van der Waals surface area contributed by atoms with Gasteiger partial charge in [-0.3, -0.25) is 14.5 Å². The van der Waals surface area contributed by atoms with Gasteiger partial charge in [0.1, 0.15) is 6.54 Å². The first-order valence-corrected chi connectivity index (χ1v) is 11.6. The van der Waals surface area contributed by atoms with E-state index in [4.69, 9.17) is 4.74 Å². The van der Waals surface area contributed by atoms with Crippen LogP contribution in [0.2, 0.25) is 0 Å². The maximum atomic E-state index is 12.9. The van der Waals surface area contributed by atoms with Crippen LogP contribution in [0.1, 0.15) is 19.8 Å². The molecule has 5 amide bonds. The maximum absolute atomic E-state index is 12.9. The second-order valence-corrected chi connectivity index (χ2v) is 8.55. The highest BCUT2D eigenvalue weighted by molar-refractivity contribution is 6.19. The van der Waals surface area contributed by atoms with Gasteiger partial charge in [-0.25, -0.2) is 14.5 Å². The number of hydrogen-bond donors (Lipinski definition) is 0. The lowest BCUT2D eigenvalue weighted by molar-refractivity contribution is -0.134. The fourth-order valence-electron chi connectivity index (χ4n) is 4.67. The van der Waals surface area contributed by atoms with Gasteiger partial charge in [0.15, 0.2) is 0 Å². The monoisotopic (exact) mass is 457 g/mol. The Balaban J connectivity index is 1.23. The van der Waals surface area contributed by atoms with Gasteiger partial charge in [-0.05, 0) is 31.9 Å². The molecule has 1 aromatic rings. The minimum Gasteiger partial charge on any atom is -0.450 e. The van der Waals surface area contributed by atoms with Crippen LogP contribution in [-0.4, -0.2) is 109 Å². The number of urea groups is 1. The lowest BCUT2D eigenvalue weighted by Gasteiger charge is -2.38. The molecule has 3 heterocycles. The summed E-state index contributed by atoms with van der Waals surface area (Å²) in [5.74, 6) is -0.148. The highest BCUT2D eigenvalue weighted by Gasteiger charge is 2.41. The van der Waals surface area contributed by atoms with Crippen molar-refractivity contribution in [2.75, 3.05) is 63.9 Å². The fourth-order valence-corrected chi connectivity index (χ4v) is 4.67. The molecule has 3 fully saturated rings. The number of anilines is 1. The molecule has 0 aromatic heterocycles. The molecule has 0 spiro atoms. The Kier molecular flexibility index (Phi) is 7.12. The molecule has 178 valence electrons. The number of piperidine rings is 1. The van der Waals surface area contributed by atoms with Crippen molar-refractivity contribution in [1.82, 2.24) is 19.6 Å². The Bertz CT molecular complexity index is 878. The zero-order chi connectivity index (χ0) is 23.4. The molecule has 10 nitrogen and oxygen atoms in total. The van der Waals surface area contributed by atoms with Crippen LogP contribution in [0.4, 0.5) is 15.3 Å². The number of piperazine rings is 1. The van der Waals surface area contributed by atoms with E-state index in [1.807, 2.05) is 18.2 Å². The Morgan fingerprint density at radius 1 is 0.939 bits per heavy atom. The molecule has 0 bridgehead atoms. The lowest BCUT2D eigenvalue weighted by Crippen LogP contribution is -2.54. The third kappa shape index (κ3) is 5.11. The number of imide groups is 1. The summed E-state index contributed by atoms with van der Waals surface area (Å²) in [6, 6.07) is 8.73. The van der Waals surface area contributed by atoms with Gasteiger partial charge in [-0.2, -0.15) is 0 Å². The molecule has 10 heteroatoms. The molecule has 3 saturated heterocycles. The maximum Gasteiger partial charge on any atom is 0.409 e. The number of nitrogens with zero attached hydrogens (tertiary/aromatic N) is 5. The number of para-hydroxylation sites is 1. The predicted molar refractivity (Wildman–Crippen MR) is 121 cm³/mol. The van der Waals surface area contributed by atoms with E-state index in [1.165, 1.54) is 4.90 Å². The fraction of sp³-hybridized carbons (Fsp3) is 0.565. The topological polar surface area (TPSA) is 93.7 Å². The second kappa shape index (κ2) is 10.2. The normalized spacial score (nSPS) is 20.5. The standard InChI is InChI=1S/C23H31N5O5/c1-2-33-23(32)26-14-12-25(13-15-26)20(29)16-24-10-8-18(9-11-24)27-17-21(30)28(22(27)31)19-6-4-3-5-7-19/h3-7,18H,2,8-17H2,1H3. The van der Waals surface area contributed by atoms with Crippen LogP contribution in [0.3, 0.4) is 0 Å². The molecule has 0 saturated carbocycles. The molecule has 0 unspecified atom stereocenters. The molecule has 0 atom stereocenters. The number of ether oxygens (including phenoxy) is 1. The summed E-state index contributed by atoms with van der Waals surface area (Å²) >= 11 is 0. The number of carbonyl (C=O) groups is 4. The first-order chi connectivity index (χ1) is 16.0. The lowest BCUT2D eigenvalue weighted by atomic mass is 10.0. The first-order valence-electron chi connectivity index (χ1n) is 11.6. The molecule has 0 radical (unpaired) electrons. The third-order valence-electron chi connectivity index (χ3n) is 6.52. The number of hydrogen-bond acceptors (Lipinski definition) is 6. The molecular weight excluding hydrogens is 426 g/mol. The summed E-state index contributed by atoms with van der Waals surface area (Å²) in [7, 11) is 0. The average Bonchev–Trinajstić information content (AvgIpc) is 3.14. The zero-order valence-electron chi connectivity index (χ0n) is 19.0. The Labute approximate surface area is 193 Å². The number of amides is 5. The van der Waals surface area contributed by atoms with Gasteiger partial charge < -0.3 is 19.4 Å². The number of rotatable bonds is 5. The van der Waals surface area contributed by atoms with E-state index in [2.05, 4.69) is 4.90 Å². The van der Waals surface area contributed by atoms with Crippen molar-refractivity contribution in [2.45, 2.75) is 25.8 Å². The van der Waals surface area contributed by atoms with Gasteiger partial charge in [0.25, 0.3) is 5.91 Å². The molecule has 3 aliphatic rings. The largest absolute Gasteiger partial charge is 0.450 e. The van der Waals surface area contributed by atoms with Crippen molar-refractivity contribution in [1.29, 1.82) is 0 Å². The quantitative estimate of drug-likeness (QED) is 0.618. The van der Waals surface area contributed by atoms with E-state index in [0.29, 0.717) is 58.1 Å². The van der Waals surface area contributed by atoms with E-state index in [0.717, 1.165) is 12.8 Å². The Hall–Kier alpha value is -3.14. The molecular formula is C23H31N5O5. The SMILES string of the molecule is CCOC(=O)N1CCN(C(=O)CN2CCC(N3CC(=O)N(c4ccccc4)C3=O)CC2)CC1. The predicted octanol–water partition coefficient (Wildman–Crippen LogP) is 1.22. The van der Waals surface area contributed by atoms with Crippen LogP contribution in [-0.2, 0) is 14.3 Å².